The average Bonchev–Trinajstić information content (AvgIpc) is 2.54. The van der Waals surface area contributed by atoms with Crippen LogP contribution in [-0.2, 0) is 9.59 Å². The summed E-state index contributed by atoms with van der Waals surface area (Å²) in [6, 6.07) is 7.10. The predicted molar refractivity (Wildman–Crippen MR) is 70.2 cm³/mol. The smallest absolute Gasteiger partial charge is 0.254 e. The molecule has 4 nitrogen and oxygen atoms in total. The van der Waals surface area contributed by atoms with Crippen LogP contribution in [-0.4, -0.2) is 18.4 Å². The summed E-state index contributed by atoms with van der Waals surface area (Å²) < 4.78 is 0. The molecular formula is C14H18N2O2. The van der Waals surface area contributed by atoms with Crippen molar-refractivity contribution in [1.82, 2.24) is 5.32 Å². The maximum atomic E-state index is 12.3. The molecule has 0 spiro atoms. The van der Waals surface area contributed by atoms with Crippen LogP contribution in [0.2, 0.25) is 0 Å². The molecule has 1 aliphatic heterocycles. The van der Waals surface area contributed by atoms with Gasteiger partial charge in [0.2, 0.25) is 5.91 Å². The van der Waals surface area contributed by atoms with Crippen LogP contribution in [0.4, 0.5) is 5.69 Å². The van der Waals surface area contributed by atoms with Crippen molar-refractivity contribution in [2.75, 3.05) is 11.4 Å². The van der Waals surface area contributed by atoms with E-state index in [1.54, 1.807) is 4.90 Å². The molecule has 1 atom stereocenters. The summed E-state index contributed by atoms with van der Waals surface area (Å²) in [5.74, 6) is 0.160. The Morgan fingerprint density at radius 3 is 2.67 bits per heavy atom. The van der Waals surface area contributed by atoms with Gasteiger partial charge in [-0.25, -0.2) is 0 Å². The van der Waals surface area contributed by atoms with E-state index in [4.69, 9.17) is 0 Å². The summed E-state index contributed by atoms with van der Waals surface area (Å²) >= 11 is 0. The second-order valence-corrected chi connectivity index (χ2v) is 5.04. The van der Waals surface area contributed by atoms with Crippen LogP contribution in [0, 0.1) is 5.92 Å². The number of amides is 2. The molecule has 1 aliphatic rings. The normalized spacial score (nSPS) is 18.1. The average molecular weight is 246 g/mol. The third-order valence-corrected chi connectivity index (χ3v) is 2.95. The zero-order valence-corrected chi connectivity index (χ0v) is 10.9. The summed E-state index contributed by atoms with van der Waals surface area (Å²) in [7, 11) is 0. The van der Waals surface area contributed by atoms with Gasteiger partial charge in [0.25, 0.3) is 5.91 Å². The molecule has 2 rings (SSSR count). The van der Waals surface area contributed by atoms with E-state index in [0.717, 1.165) is 11.3 Å². The molecule has 0 fully saturated rings. The molecule has 0 aromatic heterocycles. The van der Waals surface area contributed by atoms with Crippen molar-refractivity contribution in [3.8, 4) is 0 Å². The van der Waals surface area contributed by atoms with E-state index in [1.807, 2.05) is 24.3 Å². The Labute approximate surface area is 107 Å². The van der Waals surface area contributed by atoms with Gasteiger partial charge in [0.05, 0.1) is 0 Å². The van der Waals surface area contributed by atoms with Crippen molar-refractivity contribution in [1.29, 1.82) is 0 Å². The monoisotopic (exact) mass is 246 g/mol. The standard InChI is InChI=1S/C14H18N2O2/c1-9(2)8-16-12-7-5-4-6-11(12)13(14(16)18)15-10(3)17/h4-7,9,13H,8H2,1-3H3,(H,15,17)/t13-/m0/s1. The molecule has 1 aromatic carbocycles. The maximum Gasteiger partial charge on any atom is 0.254 e. The van der Waals surface area contributed by atoms with Crippen LogP contribution in [0.5, 0.6) is 0 Å². The Kier molecular flexibility index (Phi) is 3.36. The first kappa shape index (κ1) is 12.6. The zero-order valence-electron chi connectivity index (χ0n) is 10.9. The van der Waals surface area contributed by atoms with E-state index in [-0.39, 0.29) is 11.8 Å². The second-order valence-electron chi connectivity index (χ2n) is 5.04. The molecule has 0 saturated heterocycles. The van der Waals surface area contributed by atoms with Gasteiger partial charge in [-0.2, -0.15) is 0 Å². The number of carbonyl (C=O) groups excluding carboxylic acids is 2. The Balaban J connectivity index is 2.36. The fourth-order valence-corrected chi connectivity index (χ4v) is 2.28. The van der Waals surface area contributed by atoms with Crippen LogP contribution in [0.1, 0.15) is 32.4 Å². The second kappa shape index (κ2) is 4.80. The van der Waals surface area contributed by atoms with E-state index < -0.39 is 6.04 Å². The predicted octanol–water partition coefficient (Wildman–Crippen LogP) is 1.87. The number of nitrogens with one attached hydrogen (secondary N) is 1. The lowest BCUT2D eigenvalue weighted by atomic mass is 10.1. The highest BCUT2D eigenvalue weighted by atomic mass is 16.2. The lowest BCUT2D eigenvalue weighted by Gasteiger charge is -2.20. The van der Waals surface area contributed by atoms with Crippen LogP contribution in [0.15, 0.2) is 24.3 Å². The maximum absolute atomic E-state index is 12.3. The first-order chi connectivity index (χ1) is 8.50. The van der Waals surface area contributed by atoms with Crippen molar-refractivity contribution in [2.45, 2.75) is 26.8 Å². The van der Waals surface area contributed by atoms with Crippen molar-refractivity contribution in [3.63, 3.8) is 0 Å². The number of hydrogen-bond acceptors (Lipinski definition) is 2. The molecule has 1 aromatic rings. The van der Waals surface area contributed by atoms with E-state index in [0.29, 0.717) is 12.5 Å². The summed E-state index contributed by atoms with van der Waals surface area (Å²) in [6.45, 7) is 6.25. The van der Waals surface area contributed by atoms with Crippen LogP contribution >= 0.6 is 0 Å². The number of benzene rings is 1. The van der Waals surface area contributed by atoms with Crippen molar-refractivity contribution in [2.24, 2.45) is 5.92 Å². The largest absolute Gasteiger partial charge is 0.341 e. The third kappa shape index (κ3) is 2.23. The highest BCUT2D eigenvalue weighted by Crippen LogP contribution is 2.35. The van der Waals surface area contributed by atoms with Gasteiger partial charge in [0, 0.05) is 24.7 Å². The van der Waals surface area contributed by atoms with Gasteiger partial charge < -0.3 is 10.2 Å². The molecule has 18 heavy (non-hydrogen) atoms. The topological polar surface area (TPSA) is 49.4 Å². The van der Waals surface area contributed by atoms with Crippen molar-refractivity contribution in [3.05, 3.63) is 29.8 Å². The minimum Gasteiger partial charge on any atom is -0.341 e. The Morgan fingerprint density at radius 1 is 1.39 bits per heavy atom. The van der Waals surface area contributed by atoms with Crippen LogP contribution in [0.3, 0.4) is 0 Å². The Bertz CT molecular complexity index is 482. The van der Waals surface area contributed by atoms with Gasteiger partial charge in [0.1, 0.15) is 6.04 Å². The molecule has 4 heteroatoms. The highest BCUT2D eigenvalue weighted by molar-refractivity contribution is 6.06. The number of anilines is 1. The van der Waals surface area contributed by atoms with Crippen LogP contribution in [0.25, 0.3) is 0 Å². The first-order valence-corrected chi connectivity index (χ1v) is 6.18. The fraction of sp³-hybridized carbons (Fsp3) is 0.429. The SMILES string of the molecule is CC(=O)N[C@@H]1C(=O)N(CC(C)C)c2ccccc21. The molecule has 2 amide bonds. The van der Waals surface area contributed by atoms with Crippen molar-refractivity contribution >= 4 is 17.5 Å². The molecule has 1 N–H and O–H groups in total. The molecule has 0 saturated carbocycles. The molecule has 96 valence electrons. The summed E-state index contributed by atoms with van der Waals surface area (Å²) in [5.41, 5.74) is 1.80. The van der Waals surface area contributed by atoms with Gasteiger partial charge in [-0.1, -0.05) is 32.0 Å². The molecule has 1 heterocycles. The first-order valence-electron chi connectivity index (χ1n) is 6.18. The minimum atomic E-state index is -0.530. The highest BCUT2D eigenvalue weighted by Gasteiger charge is 2.37. The van der Waals surface area contributed by atoms with E-state index in [1.165, 1.54) is 6.92 Å². The van der Waals surface area contributed by atoms with Gasteiger partial charge in [-0.3, -0.25) is 9.59 Å². The number of carbonyl (C=O) groups is 2. The Hall–Kier alpha value is -1.84. The number of rotatable bonds is 3. The minimum absolute atomic E-state index is 0.0416. The number of fused-ring (bicyclic) bond motifs is 1. The summed E-state index contributed by atoms with van der Waals surface area (Å²) in [6.07, 6.45) is 0. The van der Waals surface area contributed by atoms with Gasteiger partial charge in [-0.15, -0.1) is 0 Å². The van der Waals surface area contributed by atoms with E-state index in [9.17, 15) is 9.59 Å². The molecule has 0 bridgehead atoms. The number of para-hydroxylation sites is 1. The molecular weight excluding hydrogens is 228 g/mol. The fourth-order valence-electron chi connectivity index (χ4n) is 2.28. The summed E-state index contributed by atoms with van der Waals surface area (Å²) in [4.78, 5) is 25.3. The number of hydrogen-bond donors (Lipinski definition) is 1. The van der Waals surface area contributed by atoms with E-state index >= 15 is 0 Å². The van der Waals surface area contributed by atoms with Gasteiger partial charge in [-0.05, 0) is 12.0 Å². The zero-order chi connectivity index (χ0) is 13.3. The van der Waals surface area contributed by atoms with Gasteiger partial charge in [0.15, 0.2) is 0 Å². The lowest BCUT2D eigenvalue weighted by Crippen LogP contribution is -2.38. The lowest BCUT2D eigenvalue weighted by molar-refractivity contribution is -0.126. The third-order valence-electron chi connectivity index (χ3n) is 2.95. The van der Waals surface area contributed by atoms with Crippen LogP contribution < -0.4 is 10.2 Å². The molecule has 0 radical (unpaired) electrons. The Morgan fingerprint density at radius 2 is 2.06 bits per heavy atom. The molecule has 0 unspecified atom stereocenters. The van der Waals surface area contributed by atoms with Gasteiger partial charge >= 0.3 is 0 Å². The van der Waals surface area contributed by atoms with Crippen molar-refractivity contribution < 1.29 is 9.59 Å². The summed E-state index contributed by atoms with van der Waals surface area (Å²) in [5, 5.41) is 2.72. The molecule has 0 aliphatic carbocycles. The van der Waals surface area contributed by atoms with E-state index in [2.05, 4.69) is 19.2 Å². The number of nitrogens with zero attached hydrogens (tertiary/aromatic N) is 1. The quantitative estimate of drug-likeness (QED) is 0.885.